The first-order valence-corrected chi connectivity index (χ1v) is 11.6. The molecule has 3 N–H and O–H groups in total. The zero-order valence-corrected chi connectivity index (χ0v) is 21.5. The number of hydrogen-bond acceptors (Lipinski definition) is 10. The van der Waals surface area contributed by atoms with Crippen molar-refractivity contribution in [3.63, 3.8) is 0 Å². The van der Waals surface area contributed by atoms with Crippen LogP contribution in [0.3, 0.4) is 0 Å². The molecule has 3 rings (SSSR count). The Balaban J connectivity index is 1.75. The van der Waals surface area contributed by atoms with E-state index in [9.17, 15) is 19.2 Å². The van der Waals surface area contributed by atoms with E-state index in [1.807, 2.05) is 0 Å². The van der Waals surface area contributed by atoms with Crippen molar-refractivity contribution in [2.45, 2.75) is 90.4 Å². The van der Waals surface area contributed by atoms with E-state index in [0.29, 0.717) is 0 Å². The van der Waals surface area contributed by atoms with Gasteiger partial charge in [-0.2, -0.15) is 0 Å². The van der Waals surface area contributed by atoms with Crippen LogP contribution >= 0.6 is 0 Å². The van der Waals surface area contributed by atoms with E-state index in [4.69, 9.17) is 29.4 Å². The fourth-order valence-corrected chi connectivity index (χ4v) is 4.00. The number of nitrogens with zero attached hydrogens (tertiary/aromatic N) is 2. The zero-order chi connectivity index (χ0) is 27.0. The average molecular weight is 511 g/mol. The smallest absolute Gasteiger partial charge is 0.408 e. The maximum absolute atomic E-state index is 12.9. The first-order valence-electron chi connectivity index (χ1n) is 11.6. The van der Waals surface area contributed by atoms with E-state index in [1.165, 1.54) is 12.4 Å². The van der Waals surface area contributed by atoms with Gasteiger partial charge in [0.1, 0.15) is 36.6 Å². The SMILES string of the molecule is CC(C)[C@H](NC(=O)OC(C)(C)C)C(=O)OC[C@H]1O[C@@H](n2ccnc(C(N)=O)c2=O)[C@@H]2OC(C)(C)O[C@@H]21. The predicted octanol–water partition coefficient (Wildman–Crippen LogP) is 0.852. The van der Waals surface area contributed by atoms with Gasteiger partial charge < -0.3 is 34.7 Å². The number of nitrogens with two attached hydrogens (primary N) is 1. The number of primary amides is 1. The minimum Gasteiger partial charge on any atom is -0.461 e. The van der Waals surface area contributed by atoms with Crippen molar-refractivity contribution in [2.75, 3.05) is 6.61 Å². The fraction of sp³-hybridized carbons (Fsp3) is 0.696. The number of ether oxygens (including phenoxy) is 5. The van der Waals surface area contributed by atoms with Gasteiger partial charge in [0, 0.05) is 12.4 Å². The number of carbonyl (C=O) groups excluding carboxylic acids is 3. The molecule has 0 unspecified atom stereocenters. The molecule has 2 amide bonds. The minimum atomic E-state index is -0.998. The van der Waals surface area contributed by atoms with Crippen molar-refractivity contribution in [1.82, 2.24) is 14.9 Å². The molecule has 200 valence electrons. The summed E-state index contributed by atoms with van der Waals surface area (Å²) in [6.07, 6.45) is -1.38. The van der Waals surface area contributed by atoms with Gasteiger partial charge in [0.05, 0.1) is 0 Å². The molecule has 36 heavy (non-hydrogen) atoms. The van der Waals surface area contributed by atoms with Crippen LogP contribution in [0.1, 0.15) is 65.2 Å². The topological polar surface area (TPSA) is 170 Å². The Morgan fingerprint density at radius 2 is 1.86 bits per heavy atom. The summed E-state index contributed by atoms with van der Waals surface area (Å²) in [7, 11) is 0. The second-order valence-electron chi connectivity index (χ2n) is 10.5. The Hall–Kier alpha value is -3.03. The number of rotatable bonds is 7. The number of esters is 1. The van der Waals surface area contributed by atoms with Gasteiger partial charge in [0.2, 0.25) is 0 Å². The highest BCUT2D eigenvalue weighted by Gasteiger charge is 2.56. The summed E-state index contributed by atoms with van der Waals surface area (Å²) in [4.78, 5) is 53.1. The molecule has 0 radical (unpaired) electrons. The van der Waals surface area contributed by atoms with E-state index < -0.39 is 71.2 Å². The van der Waals surface area contributed by atoms with Gasteiger partial charge in [0.15, 0.2) is 17.7 Å². The summed E-state index contributed by atoms with van der Waals surface area (Å²) >= 11 is 0. The zero-order valence-electron chi connectivity index (χ0n) is 21.5. The van der Waals surface area contributed by atoms with Crippen molar-refractivity contribution < 1.29 is 38.1 Å². The van der Waals surface area contributed by atoms with Gasteiger partial charge in [-0.25, -0.2) is 14.6 Å². The maximum Gasteiger partial charge on any atom is 0.408 e. The summed E-state index contributed by atoms with van der Waals surface area (Å²) in [6, 6.07) is -0.967. The van der Waals surface area contributed by atoms with Crippen LogP contribution in [0.25, 0.3) is 0 Å². The lowest BCUT2D eigenvalue weighted by Crippen LogP contribution is -2.48. The fourth-order valence-electron chi connectivity index (χ4n) is 4.00. The molecular weight excluding hydrogens is 476 g/mol. The largest absolute Gasteiger partial charge is 0.461 e. The number of nitrogens with one attached hydrogen (secondary N) is 1. The van der Waals surface area contributed by atoms with Crippen molar-refractivity contribution in [2.24, 2.45) is 11.7 Å². The lowest BCUT2D eigenvalue weighted by atomic mass is 10.1. The van der Waals surface area contributed by atoms with Gasteiger partial charge in [0.25, 0.3) is 11.5 Å². The third-order valence-corrected chi connectivity index (χ3v) is 5.48. The Morgan fingerprint density at radius 3 is 2.44 bits per heavy atom. The van der Waals surface area contributed by atoms with Crippen LogP contribution in [0.2, 0.25) is 0 Å². The highest BCUT2D eigenvalue weighted by atomic mass is 16.8. The normalized spacial score (nSPS) is 25.8. The van der Waals surface area contributed by atoms with E-state index in [2.05, 4.69) is 10.3 Å². The predicted molar refractivity (Wildman–Crippen MR) is 124 cm³/mol. The van der Waals surface area contributed by atoms with Crippen LogP contribution < -0.4 is 16.6 Å². The minimum absolute atomic E-state index is 0.238. The quantitative estimate of drug-likeness (QED) is 0.501. The second kappa shape index (κ2) is 10.1. The molecule has 2 saturated heterocycles. The number of amides is 2. The lowest BCUT2D eigenvalue weighted by molar-refractivity contribution is -0.203. The number of hydrogen-bond donors (Lipinski definition) is 2. The molecule has 1 aromatic rings. The molecule has 0 aliphatic carbocycles. The first kappa shape index (κ1) is 27.6. The monoisotopic (exact) mass is 510 g/mol. The molecule has 0 bridgehead atoms. The van der Waals surface area contributed by atoms with E-state index >= 15 is 0 Å². The molecule has 0 aromatic carbocycles. The third-order valence-electron chi connectivity index (χ3n) is 5.48. The Bertz CT molecular complexity index is 1060. The number of fused-ring (bicyclic) bond motifs is 1. The molecular formula is C23H34N4O9. The molecule has 13 heteroatoms. The average Bonchev–Trinajstić information content (AvgIpc) is 3.21. The van der Waals surface area contributed by atoms with Gasteiger partial charge >= 0.3 is 12.1 Å². The van der Waals surface area contributed by atoms with Crippen LogP contribution in [0.15, 0.2) is 17.2 Å². The summed E-state index contributed by atoms with van der Waals surface area (Å²) in [5, 5.41) is 2.54. The molecule has 2 fully saturated rings. The van der Waals surface area contributed by atoms with Crippen molar-refractivity contribution in [3.05, 3.63) is 28.4 Å². The first-order chi connectivity index (χ1) is 16.6. The standard InChI is InChI=1S/C23H34N4O9/c1-11(2)13(26-21(31)36-22(3,4)5)20(30)32-10-12-15-16(35-23(6,7)34-15)19(33-12)27-9-8-25-14(17(24)28)18(27)29/h8-9,11-13,15-16,19H,10H2,1-7H3,(H2,24,28)(H,26,31)/t12-,13+,15-,16-,19-/m1/s1. The van der Waals surface area contributed by atoms with Crippen molar-refractivity contribution in [3.8, 4) is 0 Å². The summed E-state index contributed by atoms with van der Waals surface area (Å²) in [6.45, 7) is 11.8. The summed E-state index contributed by atoms with van der Waals surface area (Å²) < 4.78 is 29.8. The van der Waals surface area contributed by atoms with Gasteiger partial charge in [-0.05, 0) is 40.5 Å². The molecule has 2 aliphatic heterocycles. The highest BCUT2D eigenvalue weighted by molar-refractivity contribution is 5.90. The van der Waals surface area contributed by atoms with Gasteiger partial charge in [-0.15, -0.1) is 0 Å². The number of aromatic nitrogens is 2. The lowest BCUT2D eigenvalue weighted by Gasteiger charge is -2.26. The van der Waals surface area contributed by atoms with Gasteiger partial charge in [-0.1, -0.05) is 13.8 Å². The van der Waals surface area contributed by atoms with Crippen molar-refractivity contribution >= 4 is 18.0 Å². The Kier molecular flexibility index (Phi) is 7.77. The molecule has 0 saturated carbocycles. The highest BCUT2D eigenvalue weighted by Crippen LogP contribution is 2.42. The molecule has 3 heterocycles. The molecule has 0 spiro atoms. The second-order valence-corrected chi connectivity index (χ2v) is 10.5. The van der Waals surface area contributed by atoms with Crippen LogP contribution in [-0.4, -0.2) is 69.9 Å². The third kappa shape index (κ3) is 6.20. The van der Waals surface area contributed by atoms with Crippen LogP contribution in [0, 0.1) is 5.92 Å². The maximum atomic E-state index is 12.9. The van der Waals surface area contributed by atoms with Crippen LogP contribution in [0.5, 0.6) is 0 Å². The summed E-state index contributed by atoms with van der Waals surface area (Å²) in [5.41, 5.74) is 3.33. The van der Waals surface area contributed by atoms with Crippen LogP contribution in [0.4, 0.5) is 4.79 Å². The Morgan fingerprint density at radius 1 is 1.22 bits per heavy atom. The summed E-state index contributed by atoms with van der Waals surface area (Å²) in [5.74, 6) is -2.95. The number of carbonyl (C=O) groups is 3. The van der Waals surface area contributed by atoms with Crippen molar-refractivity contribution in [1.29, 1.82) is 0 Å². The Labute approximate surface area is 208 Å². The molecule has 1 aromatic heterocycles. The van der Waals surface area contributed by atoms with E-state index in [1.54, 1.807) is 48.5 Å². The van der Waals surface area contributed by atoms with E-state index in [-0.39, 0.29) is 12.5 Å². The number of alkyl carbamates (subject to hydrolysis) is 1. The molecule has 2 aliphatic rings. The molecule has 5 atom stereocenters. The van der Waals surface area contributed by atoms with Crippen LogP contribution in [-0.2, 0) is 28.5 Å². The molecule has 13 nitrogen and oxygen atoms in total. The van der Waals surface area contributed by atoms with Gasteiger partial charge in [-0.3, -0.25) is 14.2 Å². The van der Waals surface area contributed by atoms with E-state index in [0.717, 1.165) is 4.57 Å².